The van der Waals surface area contributed by atoms with Gasteiger partial charge in [0.05, 0.1) is 12.4 Å². The molecule has 0 aliphatic carbocycles. The monoisotopic (exact) mass is 400 g/mol. The summed E-state index contributed by atoms with van der Waals surface area (Å²) < 4.78 is 18.9. The van der Waals surface area contributed by atoms with Crippen molar-refractivity contribution in [1.29, 1.82) is 0 Å². The molecule has 1 aromatic carbocycles. The number of ether oxygens (including phenoxy) is 1. The average molecular weight is 400 g/mol. The number of hydrogen-bond donors (Lipinski definition) is 1. The highest BCUT2D eigenvalue weighted by Crippen LogP contribution is 2.45. The van der Waals surface area contributed by atoms with Gasteiger partial charge in [-0.15, -0.1) is 0 Å². The Labute approximate surface area is 166 Å². The van der Waals surface area contributed by atoms with Crippen molar-refractivity contribution in [3.8, 4) is 0 Å². The number of benzene rings is 1. The van der Waals surface area contributed by atoms with Crippen LogP contribution in [-0.2, 0) is 9.53 Å². The predicted octanol–water partition coefficient (Wildman–Crippen LogP) is 0.827. The number of methoxy groups -OCH3 is 1. The highest BCUT2D eigenvalue weighted by Gasteiger charge is 2.50. The molecule has 1 N–H and O–H groups in total. The van der Waals surface area contributed by atoms with Crippen molar-refractivity contribution in [1.82, 2.24) is 19.8 Å². The molecule has 8 nitrogen and oxygen atoms in total. The Balaban J connectivity index is 1.62. The normalized spacial score (nSPS) is 23.3. The maximum Gasteiger partial charge on any atom is 0.263 e. The number of aromatic nitrogens is 2. The van der Waals surface area contributed by atoms with Gasteiger partial charge >= 0.3 is 0 Å². The van der Waals surface area contributed by atoms with Crippen LogP contribution in [0.1, 0.15) is 22.0 Å². The molecule has 29 heavy (non-hydrogen) atoms. The third kappa shape index (κ3) is 3.53. The van der Waals surface area contributed by atoms with Crippen LogP contribution in [0.15, 0.2) is 41.6 Å². The van der Waals surface area contributed by atoms with Gasteiger partial charge in [-0.3, -0.25) is 14.4 Å². The van der Waals surface area contributed by atoms with Gasteiger partial charge in [0, 0.05) is 44.8 Å². The molecule has 0 unspecified atom stereocenters. The van der Waals surface area contributed by atoms with Crippen molar-refractivity contribution in [3.63, 3.8) is 0 Å². The summed E-state index contributed by atoms with van der Waals surface area (Å²) in [5.41, 5.74) is 0.193. The molecule has 2 fully saturated rings. The summed E-state index contributed by atoms with van der Waals surface area (Å²) in [7, 11) is 1.46. The Kier molecular flexibility index (Phi) is 5.14. The Morgan fingerprint density at radius 3 is 2.86 bits per heavy atom. The van der Waals surface area contributed by atoms with Crippen LogP contribution in [0.3, 0.4) is 0 Å². The summed E-state index contributed by atoms with van der Waals surface area (Å²) in [4.78, 5) is 46.9. The highest BCUT2D eigenvalue weighted by atomic mass is 19.1. The Morgan fingerprint density at radius 2 is 2.14 bits per heavy atom. The Morgan fingerprint density at radius 1 is 1.31 bits per heavy atom. The zero-order chi connectivity index (χ0) is 20.5. The van der Waals surface area contributed by atoms with E-state index in [1.165, 1.54) is 31.8 Å². The molecule has 2 saturated heterocycles. The molecule has 0 bridgehead atoms. The van der Waals surface area contributed by atoms with Gasteiger partial charge in [0.1, 0.15) is 18.0 Å². The molecule has 2 amide bonds. The second-order valence-electron chi connectivity index (χ2n) is 7.41. The van der Waals surface area contributed by atoms with Crippen LogP contribution >= 0.6 is 0 Å². The van der Waals surface area contributed by atoms with E-state index in [2.05, 4.69) is 9.97 Å². The van der Waals surface area contributed by atoms with Crippen LogP contribution in [0, 0.1) is 17.7 Å². The molecule has 0 radical (unpaired) electrons. The van der Waals surface area contributed by atoms with E-state index in [0.717, 1.165) is 0 Å². The summed E-state index contributed by atoms with van der Waals surface area (Å²) in [6, 6.07) is 5.83. The smallest absolute Gasteiger partial charge is 0.263 e. The van der Waals surface area contributed by atoms with E-state index in [4.69, 9.17) is 4.74 Å². The van der Waals surface area contributed by atoms with Crippen LogP contribution in [0.2, 0.25) is 0 Å². The number of carbonyl (C=O) groups is 2. The summed E-state index contributed by atoms with van der Waals surface area (Å²) in [5.74, 6) is -0.960. The molecule has 0 saturated carbocycles. The average Bonchev–Trinajstić information content (AvgIpc) is 3.26. The van der Waals surface area contributed by atoms with Crippen molar-refractivity contribution in [2.75, 3.05) is 33.4 Å². The van der Waals surface area contributed by atoms with Crippen LogP contribution in [0.5, 0.6) is 0 Å². The molecular weight excluding hydrogens is 379 g/mol. The summed E-state index contributed by atoms with van der Waals surface area (Å²) in [6.07, 6.45) is 2.49. The third-order valence-electron chi connectivity index (χ3n) is 5.68. The van der Waals surface area contributed by atoms with E-state index in [9.17, 15) is 18.8 Å². The van der Waals surface area contributed by atoms with Crippen LogP contribution < -0.4 is 5.56 Å². The fourth-order valence-corrected chi connectivity index (χ4v) is 4.46. The molecule has 3 atom stereocenters. The zero-order valence-corrected chi connectivity index (χ0v) is 15.9. The number of rotatable bonds is 4. The zero-order valence-electron chi connectivity index (χ0n) is 15.9. The number of hydrogen-bond acceptors (Lipinski definition) is 5. The van der Waals surface area contributed by atoms with Crippen molar-refractivity contribution >= 4 is 11.8 Å². The van der Waals surface area contributed by atoms with Crippen LogP contribution in [-0.4, -0.2) is 64.9 Å². The minimum absolute atomic E-state index is 0.0119. The SMILES string of the molecule is COCC(=O)N1C[C@H]2CN(C(=O)c3cnc[nH]c3=O)C[C@H]2[C@@H]1c1cccc(F)c1. The van der Waals surface area contributed by atoms with E-state index < -0.39 is 5.56 Å². The maximum absolute atomic E-state index is 13.9. The predicted molar refractivity (Wildman–Crippen MR) is 100 cm³/mol. The van der Waals surface area contributed by atoms with Crippen molar-refractivity contribution < 1.29 is 18.7 Å². The van der Waals surface area contributed by atoms with Gasteiger partial charge in [0.15, 0.2) is 0 Å². The number of carbonyl (C=O) groups excluding carboxylic acids is 2. The first-order chi connectivity index (χ1) is 14.0. The molecule has 3 heterocycles. The van der Waals surface area contributed by atoms with Gasteiger partial charge in [-0.05, 0) is 17.7 Å². The van der Waals surface area contributed by atoms with Gasteiger partial charge < -0.3 is 19.5 Å². The third-order valence-corrected chi connectivity index (χ3v) is 5.68. The van der Waals surface area contributed by atoms with Crippen LogP contribution in [0.25, 0.3) is 0 Å². The van der Waals surface area contributed by atoms with E-state index in [1.807, 2.05) is 0 Å². The number of likely N-dealkylation sites (tertiary alicyclic amines) is 2. The van der Waals surface area contributed by atoms with Crippen molar-refractivity contribution in [2.45, 2.75) is 6.04 Å². The van der Waals surface area contributed by atoms with E-state index >= 15 is 0 Å². The number of nitrogens with zero attached hydrogens (tertiary/aromatic N) is 3. The lowest BCUT2D eigenvalue weighted by Gasteiger charge is -2.30. The maximum atomic E-state index is 13.9. The van der Waals surface area contributed by atoms with Crippen molar-refractivity contribution in [2.24, 2.45) is 11.8 Å². The number of nitrogens with one attached hydrogen (secondary N) is 1. The van der Waals surface area contributed by atoms with E-state index in [1.54, 1.807) is 21.9 Å². The Bertz CT molecular complexity index is 994. The fourth-order valence-electron chi connectivity index (χ4n) is 4.46. The molecule has 2 aliphatic rings. The van der Waals surface area contributed by atoms with E-state index in [-0.39, 0.29) is 47.7 Å². The van der Waals surface area contributed by atoms with Gasteiger partial charge in [-0.2, -0.15) is 0 Å². The summed E-state index contributed by atoms with van der Waals surface area (Å²) in [6.45, 7) is 1.18. The second kappa shape index (κ2) is 7.75. The lowest BCUT2D eigenvalue weighted by atomic mass is 9.89. The van der Waals surface area contributed by atoms with Crippen LogP contribution in [0.4, 0.5) is 4.39 Å². The van der Waals surface area contributed by atoms with Gasteiger partial charge in [0.25, 0.3) is 11.5 Å². The van der Waals surface area contributed by atoms with Gasteiger partial charge in [0.2, 0.25) is 5.91 Å². The minimum Gasteiger partial charge on any atom is -0.375 e. The first kappa shape index (κ1) is 19.3. The first-order valence-electron chi connectivity index (χ1n) is 9.35. The van der Waals surface area contributed by atoms with E-state index in [0.29, 0.717) is 25.2 Å². The molecule has 152 valence electrons. The minimum atomic E-state index is -0.486. The standard InChI is InChI=1S/C20H21FN4O4/c1-29-10-17(26)25-8-13-7-24(20(28)15-6-22-11-23-19(15)27)9-16(13)18(25)12-3-2-4-14(21)5-12/h2-6,11,13,16,18H,7-10H2,1H3,(H,22,23,27)/t13-,16-,18+/m1/s1. The van der Waals surface area contributed by atoms with Gasteiger partial charge in [-0.1, -0.05) is 12.1 Å². The number of halogens is 1. The summed E-state index contributed by atoms with van der Waals surface area (Å²) in [5, 5.41) is 0. The quantitative estimate of drug-likeness (QED) is 0.820. The number of amides is 2. The number of H-pyrrole nitrogens is 1. The molecule has 1 aromatic heterocycles. The topological polar surface area (TPSA) is 95.6 Å². The molecule has 2 aliphatic heterocycles. The molecular formula is C20H21FN4O4. The molecule has 9 heteroatoms. The molecule has 2 aromatic rings. The van der Waals surface area contributed by atoms with Crippen molar-refractivity contribution in [3.05, 3.63) is 64.1 Å². The lowest BCUT2D eigenvalue weighted by Crippen LogP contribution is -2.39. The lowest BCUT2D eigenvalue weighted by molar-refractivity contribution is -0.136. The second-order valence-corrected chi connectivity index (χ2v) is 7.41. The Hall–Kier alpha value is -3.07. The molecule has 4 rings (SSSR count). The summed E-state index contributed by atoms with van der Waals surface area (Å²) >= 11 is 0. The van der Waals surface area contributed by atoms with Gasteiger partial charge in [-0.25, -0.2) is 9.37 Å². The highest BCUT2D eigenvalue weighted by molar-refractivity contribution is 5.93. The number of aromatic amines is 1. The number of fused-ring (bicyclic) bond motifs is 1. The largest absolute Gasteiger partial charge is 0.375 e. The molecule has 0 spiro atoms. The first-order valence-corrected chi connectivity index (χ1v) is 9.35. The fraction of sp³-hybridized carbons (Fsp3) is 0.400.